The maximum Gasteiger partial charge on any atom is 0.122 e. The summed E-state index contributed by atoms with van der Waals surface area (Å²) in [6.07, 6.45) is 3.69. The smallest absolute Gasteiger partial charge is 0.122 e. The zero-order chi connectivity index (χ0) is 12.3. The van der Waals surface area contributed by atoms with E-state index in [4.69, 9.17) is 4.74 Å². The Morgan fingerprint density at radius 3 is 2.71 bits per heavy atom. The van der Waals surface area contributed by atoms with E-state index in [1.54, 1.807) is 7.11 Å². The molecule has 1 aliphatic rings. The Balaban J connectivity index is 1.90. The van der Waals surface area contributed by atoms with E-state index in [2.05, 4.69) is 37.4 Å². The molecule has 0 heterocycles. The van der Waals surface area contributed by atoms with Crippen molar-refractivity contribution in [2.24, 2.45) is 0 Å². The van der Waals surface area contributed by atoms with Crippen LogP contribution in [0, 0.1) is 0 Å². The fourth-order valence-electron chi connectivity index (χ4n) is 2.53. The van der Waals surface area contributed by atoms with Gasteiger partial charge in [-0.05, 0) is 43.7 Å². The molecule has 0 aromatic heterocycles. The Bertz CT molecular complexity index is 358. The average molecular weight is 233 g/mol. The molecule has 1 unspecified atom stereocenters. The summed E-state index contributed by atoms with van der Waals surface area (Å²) in [6.45, 7) is 4.49. The number of hydrogen-bond donors (Lipinski definition) is 1. The van der Waals surface area contributed by atoms with Crippen molar-refractivity contribution in [2.45, 2.75) is 51.1 Å². The van der Waals surface area contributed by atoms with E-state index in [1.165, 1.54) is 24.8 Å². The minimum absolute atomic E-state index is 0.638. The molecule has 17 heavy (non-hydrogen) atoms. The van der Waals surface area contributed by atoms with Gasteiger partial charge in [0.05, 0.1) is 7.11 Å². The second kappa shape index (κ2) is 5.54. The van der Waals surface area contributed by atoms with Crippen LogP contribution in [0.1, 0.15) is 44.6 Å². The minimum atomic E-state index is 0.638. The van der Waals surface area contributed by atoms with E-state index in [0.717, 1.165) is 5.75 Å². The molecule has 1 aromatic rings. The summed E-state index contributed by atoms with van der Waals surface area (Å²) >= 11 is 0. The van der Waals surface area contributed by atoms with Crippen LogP contribution in [0.25, 0.3) is 0 Å². The van der Waals surface area contributed by atoms with Crippen LogP contribution in [0.4, 0.5) is 0 Å². The number of benzene rings is 1. The first-order chi connectivity index (χ1) is 8.24. The summed E-state index contributed by atoms with van der Waals surface area (Å²) in [4.78, 5) is 0. The van der Waals surface area contributed by atoms with E-state index in [0.29, 0.717) is 18.0 Å². The minimum Gasteiger partial charge on any atom is -0.496 e. The number of ether oxygens (including phenoxy) is 1. The zero-order valence-electron chi connectivity index (χ0n) is 11.1. The Labute approximate surface area is 104 Å². The van der Waals surface area contributed by atoms with E-state index in [1.807, 2.05) is 6.07 Å². The zero-order valence-corrected chi connectivity index (χ0v) is 11.1. The van der Waals surface area contributed by atoms with Crippen molar-refractivity contribution in [3.05, 3.63) is 29.8 Å². The Kier molecular flexibility index (Phi) is 4.06. The van der Waals surface area contributed by atoms with Crippen molar-refractivity contribution in [3.63, 3.8) is 0 Å². The first-order valence-corrected chi connectivity index (χ1v) is 6.63. The van der Waals surface area contributed by atoms with Crippen LogP contribution < -0.4 is 10.1 Å². The van der Waals surface area contributed by atoms with Crippen LogP contribution in [0.2, 0.25) is 0 Å². The van der Waals surface area contributed by atoms with E-state index < -0.39 is 0 Å². The first kappa shape index (κ1) is 12.4. The molecular formula is C15H23NO. The van der Waals surface area contributed by atoms with Crippen molar-refractivity contribution in [2.75, 3.05) is 7.11 Å². The van der Waals surface area contributed by atoms with Crippen LogP contribution in [0.5, 0.6) is 5.75 Å². The molecule has 0 spiro atoms. The van der Waals surface area contributed by atoms with Crippen molar-refractivity contribution in [1.29, 1.82) is 0 Å². The van der Waals surface area contributed by atoms with Gasteiger partial charge in [0.2, 0.25) is 0 Å². The Morgan fingerprint density at radius 2 is 2.06 bits per heavy atom. The van der Waals surface area contributed by atoms with Gasteiger partial charge >= 0.3 is 0 Å². The highest BCUT2D eigenvalue weighted by molar-refractivity contribution is 5.37. The second-order valence-electron chi connectivity index (χ2n) is 5.08. The standard InChI is InChI=1S/C15H23NO/c1-4-11(2)16-13-9-12(10-13)14-7-5-6-8-15(14)17-3/h5-8,11-13,16H,4,9-10H2,1-3H3. The molecule has 1 aliphatic carbocycles. The molecule has 1 N–H and O–H groups in total. The quantitative estimate of drug-likeness (QED) is 0.842. The summed E-state index contributed by atoms with van der Waals surface area (Å²) in [5.41, 5.74) is 1.37. The topological polar surface area (TPSA) is 21.3 Å². The molecule has 2 rings (SSSR count). The monoisotopic (exact) mass is 233 g/mol. The fraction of sp³-hybridized carbons (Fsp3) is 0.600. The van der Waals surface area contributed by atoms with Gasteiger partial charge in [-0.15, -0.1) is 0 Å². The predicted molar refractivity (Wildman–Crippen MR) is 71.6 cm³/mol. The number of rotatable bonds is 5. The molecule has 0 radical (unpaired) electrons. The van der Waals surface area contributed by atoms with Crippen LogP contribution in [-0.4, -0.2) is 19.2 Å². The molecule has 0 amide bonds. The molecule has 2 nitrogen and oxygen atoms in total. The van der Waals surface area contributed by atoms with Gasteiger partial charge in [0.1, 0.15) is 5.75 Å². The molecule has 0 saturated heterocycles. The van der Waals surface area contributed by atoms with Gasteiger partial charge in [0.15, 0.2) is 0 Å². The molecular weight excluding hydrogens is 210 g/mol. The number of nitrogens with one attached hydrogen (secondary N) is 1. The molecule has 2 heteroatoms. The summed E-state index contributed by atoms with van der Waals surface area (Å²) in [5, 5.41) is 3.66. The highest BCUT2D eigenvalue weighted by Gasteiger charge is 2.32. The van der Waals surface area contributed by atoms with Crippen molar-refractivity contribution >= 4 is 0 Å². The maximum atomic E-state index is 5.42. The normalized spacial score (nSPS) is 25.1. The largest absolute Gasteiger partial charge is 0.496 e. The van der Waals surface area contributed by atoms with Gasteiger partial charge in [-0.25, -0.2) is 0 Å². The highest BCUT2D eigenvalue weighted by Crippen LogP contribution is 2.41. The lowest BCUT2D eigenvalue weighted by molar-refractivity contribution is 0.262. The summed E-state index contributed by atoms with van der Waals surface area (Å²) < 4.78 is 5.42. The first-order valence-electron chi connectivity index (χ1n) is 6.63. The van der Waals surface area contributed by atoms with Gasteiger partial charge in [-0.2, -0.15) is 0 Å². The third-order valence-electron chi connectivity index (χ3n) is 3.85. The molecule has 0 aliphatic heterocycles. The Hall–Kier alpha value is -1.02. The Morgan fingerprint density at radius 1 is 1.35 bits per heavy atom. The molecule has 1 saturated carbocycles. The van der Waals surface area contributed by atoms with Crippen LogP contribution in [0.15, 0.2) is 24.3 Å². The van der Waals surface area contributed by atoms with Crippen LogP contribution >= 0.6 is 0 Å². The third kappa shape index (κ3) is 2.81. The van der Waals surface area contributed by atoms with Crippen LogP contribution in [0.3, 0.4) is 0 Å². The number of hydrogen-bond acceptors (Lipinski definition) is 2. The summed E-state index contributed by atoms with van der Waals surface area (Å²) in [5.74, 6) is 1.71. The lowest BCUT2D eigenvalue weighted by Gasteiger charge is -2.38. The van der Waals surface area contributed by atoms with Gasteiger partial charge in [0, 0.05) is 12.1 Å². The molecule has 94 valence electrons. The van der Waals surface area contributed by atoms with Gasteiger partial charge in [-0.3, -0.25) is 0 Å². The maximum absolute atomic E-state index is 5.42. The molecule has 1 atom stereocenters. The third-order valence-corrected chi connectivity index (χ3v) is 3.85. The van der Waals surface area contributed by atoms with Crippen LogP contribution in [-0.2, 0) is 0 Å². The molecule has 1 aromatic carbocycles. The van der Waals surface area contributed by atoms with Gasteiger partial charge < -0.3 is 10.1 Å². The van der Waals surface area contributed by atoms with Crippen molar-refractivity contribution in [1.82, 2.24) is 5.32 Å². The fourth-order valence-corrected chi connectivity index (χ4v) is 2.53. The van der Waals surface area contributed by atoms with E-state index in [-0.39, 0.29) is 0 Å². The second-order valence-corrected chi connectivity index (χ2v) is 5.08. The SMILES string of the molecule is CCC(C)NC1CC(c2ccccc2OC)C1. The van der Waals surface area contributed by atoms with Crippen molar-refractivity contribution in [3.8, 4) is 5.75 Å². The summed E-state index contributed by atoms with van der Waals surface area (Å²) in [6, 6.07) is 9.73. The number of para-hydroxylation sites is 1. The van der Waals surface area contributed by atoms with E-state index >= 15 is 0 Å². The highest BCUT2D eigenvalue weighted by atomic mass is 16.5. The van der Waals surface area contributed by atoms with Gasteiger partial charge in [0.25, 0.3) is 0 Å². The summed E-state index contributed by atoms with van der Waals surface area (Å²) in [7, 11) is 1.76. The van der Waals surface area contributed by atoms with E-state index in [9.17, 15) is 0 Å². The van der Waals surface area contributed by atoms with Gasteiger partial charge in [-0.1, -0.05) is 25.1 Å². The van der Waals surface area contributed by atoms with Crippen molar-refractivity contribution < 1.29 is 4.74 Å². The lowest BCUT2D eigenvalue weighted by Crippen LogP contribution is -2.44. The predicted octanol–water partition coefficient (Wildman–Crippen LogP) is 3.33. The average Bonchev–Trinajstić information content (AvgIpc) is 2.33. The number of methoxy groups -OCH3 is 1. The molecule has 0 bridgehead atoms. The lowest BCUT2D eigenvalue weighted by atomic mass is 9.75. The molecule has 1 fully saturated rings.